The molecule has 0 spiro atoms. The van der Waals surface area contributed by atoms with Crippen LogP contribution in [0.15, 0.2) is 51.7 Å². The van der Waals surface area contributed by atoms with Crippen LogP contribution in [-0.4, -0.2) is 45.4 Å². The van der Waals surface area contributed by atoms with Crippen LogP contribution in [0.4, 0.5) is 19.1 Å². The fourth-order valence-electron chi connectivity index (χ4n) is 4.47. The molecule has 4 rings (SSSR count). The minimum atomic E-state index is -4.61. The summed E-state index contributed by atoms with van der Waals surface area (Å²) in [7, 11) is 1.53. The van der Waals surface area contributed by atoms with Gasteiger partial charge in [0, 0.05) is 40.3 Å². The van der Waals surface area contributed by atoms with E-state index in [0.717, 1.165) is 12.1 Å². The molecule has 2 heterocycles. The lowest BCUT2D eigenvalue weighted by Gasteiger charge is -2.35. The summed E-state index contributed by atoms with van der Waals surface area (Å²) < 4.78 is 41.6. The molecule has 12 heteroatoms. The number of carbonyl (C=O) groups is 2. The molecular formula is C27H27BrF3N5O3. The molecule has 206 valence electrons. The van der Waals surface area contributed by atoms with Gasteiger partial charge in [-0.1, -0.05) is 15.9 Å². The number of nitrogens with one attached hydrogen (secondary N) is 2. The summed E-state index contributed by atoms with van der Waals surface area (Å²) in [5.74, 6) is -0.594. The van der Waals surface area contributed by atoms with E-state index in [0.29, 0.717) is 22.5 Å². The highest BCUT2D eigenvalue weighted by molar-refractivity contribution is 9.10. The number of hydrogen-bond donors (Lipinski definition) is 2. The van der Waals surface area contributed by atoms with Gasteiger partial charge < -0.3 is 15.5 Å². The smallest absolute Gasteiger partial charge is 0.355 e. The van der Waals surface area contributed by atoms with Crippen molar-refractivity contribution >= 4 is 33.7 Å². The molecule has 0 saturated carbocycles. The summed E-state index contributed by atoms with van der Waals surface area (Å²) in [5.41, 5.74) is 0.361. The van der Waals surface area contributed by atoms with E-state index in [-0.39, 0.29) is 46.5 Å². The van der Waals surface area contributed by atoms with Crippen LogP contribution >= 0.6 is 15.9 Å². The van der Waals surface area contributed by atoms with Gasteiger partial charge in [-0.05, 0) is 69.7 Å². The normalized spacial score (nSPS) is 15.2. The van der Waals surface area contributed by atoms with Gasteiger partial charge in [-0.15, -0.1) is 0 Å². The number of aromatic nitrogens is 2. The van der Waals surface area contributed by atoms with Crippen LogP contribution in [0.5, 0.6) is 0 Å². The molecule has 2 N–H and O–H groups in total. The van der Waals surface area contributed by atoms with Gasteiger partial charge in [-0.3, -0.25) is 14.4 Å². The molecule has 2 aromatic carbocycles. The summed E-state index contributed by atoms with van der Waals surface area (Å²) in [5, 5.41) is 5.72. The standard InChI is InChI=1S/C27H27BrF3N5O3/c1-14(2)33-26-34-22-13-35(24(38)17-10-18(27(29,30)31)12-19(28)11-17)15(3)9-21(22)25(39)36(26)20-7-5-16(6-8-20)23(37)32-4/h5-8,10-12,14-15H,9,13H2,1-4H3,(H,32,37)(H,33,34)/t15-/m1/s1. The van der Waals surface area contributed by atoms with Crippen molar-refractivity contribution in [3.63, 3.8) is 0 Å². The van der Waals surface area contributed by atoms with E-state index >= 15 is 0 Å². The Kier molecular flexibility index (Phi) is 7.87. The Hall–Kier alpha value is -3.67. The molecule has 0 saturated heterocycles. The van der Waals surface area contributed by atoms with E-state index in [9.17, 15) is 27.6 Å². The summed E-state index contributed by atoms with van der Waals surface area (Å²) in [6.45, 7) is 5.47. The van der Waals surface area contributed by atoms with Crippen LogP contribution in [0.2, 0.25) is 0 Å². The van der Waals surface area contributed by atoms with Crippen molar-refractivity contribution in [3.05, 3.63) is 85.2 Å². The Morgan fingerprint density at radius 2 is 1.77 bits per heavy atom. The van der Waals surface area contributed by atoms with Gasteiger partial charge in [0.05, 0.1) is 23.5 Å². The van der Waals surface area contributed by atoms with Gasteiger partial charge in [-0.25, -0.2) is 9.55 Å². The third kappa shape index (κ3) is 5.85. The van der Waals surface area contributed by atoms with Crippen molar-refractivity contribution < 1.29 is 22.8 Å². The second-order valence-corrected chi connectivity index (χ2v) is 10.6. The van der Waals surface area contributed by atoms with Crippen molar-refractivity contribution in [2.45, 2.75) is 52.0 Å². The number of halogens is 4. The Morgan fingerprint density at radius 3 is 2.36 bits per heavy atom. The highest BCUT2D eigenvalue weighted by Gasteiger charge is 2.35. The third-order valence-electron chi connectivity index (χ3n) is 6.38. The lowest BCUT2D eigenvalue weighted by Crippen LogP contribution is -2.46. The van der Waals surface area contributed by atoms with Gasteiger partial charge in [0.1, 0.15) is 0 Å². The Bertz CT molecular complexity index is 1490. The molecule has 1 aliphatic heterocycles. The molecule has 1 atom stereocenters. The molecule has 0 radical (unpaired) electrons. The first-order valence-corrected chi connectivity index (χ1v) is 13.0. The number of benzene rings is 2. The van der Waals surface area contributed by atoms with Crippen LogP contribution in [0.25, 0.3) is 5.69 Å². The first-order chi connectivity index (χ1) is 18.3. The van der Waals surface area contributed by atoms with E-state index in [4.69, 9.17) is 0 Å². The van der Waals surface area contributed by atoms with Crippen LogP contribution < -0.4 is 16.2 Å². The molecule has 8 nitrogen and oxygen atoms in total. The largest absolute Gasteiger partial charge is 0.416 e. The van der Waals surface area contributed by atoms with Crippen molar-refractivity contribution in [3.8, 4) is 5.69 Å². The zero-order valence-electron chi connectivity index (χ0n) is 21.7. The number of amides is 2. The van der Waals surface area contributed by atoms with Crippen molar-refractivity contribution in [2.75, 3.05) is 12.4 Å². The molecule has 0 fully saturated rings. The Labute approximate surface area is 231 Å². The maximum absolute atomic E-state index is 13.8. The molecule has 0 unspecified atom stereocenters. The van der Waals surface area contributed by atoms with E-state index in [1.807, 2.05) is 13.8 Å². The van der Waals surface area contributed by atoms with Crippen LogP contribution in [0, 0.1) is 0 Å². The zero-order chi connectivity index (χ0) is 28.6. The van der Waals surface area contributed by atoms with Crippen LogP contribution in [0.3, 0.4) is 0 Å². The molecule has 1 aromatic heterocycles. The van der Waals surface area contributed by atoms with Crippen molar-refractivity contribution in [1.29, 1.82) is 0 Å². The fourth-order valence-corrected chi connectivity index (χ4v) is 4.97. The average Bonchev–Trinajstić information content (AvgIpc) is 2.87. The molecule has 1 aliphatic rings. The molecule has 3 aromatic rings. The summed E-state index contributed by atoms with van der Waals surface area (Å²) in [6, 6.07) is 9.05. The number of hydrogen-bond acceptors (Lipinski definition) is 5. The average molecular weight is 606 g/mol. The quantitative estimate of drug-likeness (QED) is 0.436. The number of alkyl halides is 3. The van der Waals surface area contributed by atoms with E-state index in [1.54, 1.807) is 31.2 Å². The predicted octanol–water partition coefficient (Wildman–Crippen LogP) is 4.78. The topological polar surface area (TPSA) is 96.3 Å². The highest BCUT2D eigenvalue weighted by atomic mass is 79.9. The van der Waals surface area contributed by atoms with Gasteiger partial charge >= 0.3 is 6.18 Å². The van der Waals surface area contributed by atoms with Crippen LogP contribution in [-0.2, 0) is 19.1 Å². The third-order valence-corrected chi connectivity index (χ3v) is 6.84. The number of nitrogens with zero attached hydrogens (tertiary/aromatic N) is 3. The van der Waals surface area contributed by atoms with Gasteiger partial charge in [0.15, 0.2) is 0 Å². The maximum atomic E-state index is 13.8. The fraction of sp³-hybridized carbons (Fsp3) is 0.333. The summed E-state index contributed by atoms with van der Waals surface area (Å²) >= 11 is 3.07. The molecule has 2 amide bonds. The van der Waals surface area contributed by atoms with E-state index in [1.165, 1.54) is 22.6 Å². The molecular weight excluding hydrogens is 579 g/mol. The minimum absolute atomic E-state index is 0.0400. The van der Waals surface area contributed by atoms with Gasteiger partial charge in [0.2, 0.25) is 5.95 Å². The van der Waals surface area contributed by atoms with Crippen LogP contribution in [0.1, 0.15) is 58.3 Å². The second-order valence-electron chi connectivity index (χ2n) is 9.64. The SMILES string of the molecule is CNC(=O)c1ccc(-n2c(NC(C)C)nc3c(c2=O)C[C@@H](C)N(C(=O)c2cc(Br)cc(C(F)(F)F)c2)C3)cc1. The highest BCUT2D eigenvalue weighted by Crippen LogP contribution is 2.33. The first-order valence-electron chi connectivity index (χ1n) is 12.2. The van der Waals surface area contributed by atoms with Crippen molar-refractivity contribution in [1.82, 2.24) is 19.8 Å². The Balaban J connectivity index is 1.75. The molecule has 39 heavy (non-hydrogen) atoms. The van der Waals surface area contributed by atoms with Crippen molar-refractivity contribution in [2.24, 2.45) is 0 Å². The molecule has 0 aliphatic carbocycles. The number of fused-ring (bicyclic) bond motifs is 1. The second kappa shape index (κ2) is 10.8. The molecule has 0 bridgehead atoms. The lowest BCUT2D eigenvalue weighted by molar-refractivity contribution is -0.137. The maximum Gasteiger partial charge on any atom is 0.416 e. The monoisotopic (exact) mass is 605 g/mol. The number of carbonyl (C=O) groups excluding carboxylic acids is 2. The zero-order valence-corrected chi connectivity index (χ0v) is 23.3. The van der Waals surface area contributed by atoms with Gasteiger partial charge in [0.25, 0.3) is 17.4 Å². The Morgan fingerprint density at radius 1 is 1.10 bits per heavy atom. The minimum Gasteiger partial charge on any atom is -0.355 e. The van der Waals surface area contributed by atoms with Gasteiger partial charge in [-0.2, -0.15) is 13.2 Å². The first kappa shape index (κ1) is 28.3. The predicted molar refractivity (Wildman–Crippen MR) is 144 cm³/mol. The van der Waals surface area contributed by atoms with E-state index < -0.39 is 23.7 Å². The number of rotatable bonds is 5. The van der Waals surface area contributed by atoms with E-state index in [2.05, 4.69) is 31.5 Å². The number of anilines is 1. The summed E-state index contributed by atoms with van der Waals surface area (Å²) in [6.07, 6.45) is -4.44. The summed E-state index contributed by atoms with van der Waals surface area (Å²) in [4.78, 5) is 45.2. The lowest BCUT2D eigenvalue weighted by atomic mass is 9.98.